The first-order chi connectivity index (χ1) is 10.8. The third-order valence-corrected chi connectivity index (χ3v) is 5.17. The van der Waals surface area contributed by atoms with Gasteiger partial charge < -0.3 is 10.6 Å². The van der Waals surface area contributed by atoms with Crippen molar-refractivity contribution in [3.63, 3.8) is 0 Å². The quantitative estimate of drug-likeness (QED) is 0.822. The van der Waals surface area contributed by atoms with E-state index >= 15 is 0 Å². The number of urea groups is 1. The molecule has 23 heavy (non-hydrogen) atoms. The van der Waals surface area contributed by atoms with E-state index in [2.05, 4.69) is 15.5 Å². The van der Waals surface area contributed by atoms with Gasteiger partial charge in [0, 0.05) is 50.0 Å². The van der Waals surface area contributed by atoms with E-state index in [1.165, 1.54) is 10.6 Å². The van der Waals surface area contributed by atoms with E-state index in [-0.39, 0.29) is 6.03 Å². The average Bonchev–Trinajstić information content (AvgIpc) is 2.49. The molecule has 1 saturated heterocycles. The topological polar surface area (TPSA) is 81.8 Å². The molecule has 0 spiro atoms. The number of carbonyl (C=O) groups is 1. The lowest BCUT2D eigenvalue weighted by molar-refractivity contribution is 0.189. The van der Waals surface area contributed by atoms with Gasteiger partial charge in [0.2, 0.25) is 10.0 Å². The van der Waals surface area contributed by atoms with Gasteiger partial charge in [0.25, 0.3) is 0 Å². The number of nitrogens with zero attached hydrogens (tertiary/aromatic N) is 2. The number of halogens is 1. The molecule has 1 aliphatic rings. The molecule has 0 saturated carbocycles. The van der Waals surface area contributed by atoms with Crippen LogP contribution in [0.25, 0.3) is 0 Å². The van der Waals surface area contributed by atoms with Gasteiger partial charge in [-0.25, -0.2) is 13.2 Å². The molecule has 7 nitrogen and oxygen atoms in total. The summed E-state index contributed by atoms with van der Waals surface area (Å²) < 4.78 is 24.3. The predicted molar refractivity (Wildman–Crippen MR) is 91.3 cm³/mol. The number of benzene rings is 1. The summed E-state index contributed by atoms with van der Waals surface area (Å²) in [7, 11) is -3.10. The van der Waals surface area contributed by atoms with Crippen molar-refractivity contribution in [1.82, 2.24) is 14.5 Å². The predicted octanol–water partition coefficient (Wildman–Crippen LogP) is 1.04. The molecule has 128 valence electrons. The van der Waals surface area contributed by atoms with Gasteiger partial charge in [-0.2, -0.15) is 4.31 Å². The first kappa shape index (κ1) is 18.0. The fraction of sp³-hybridized carbons (Fsp3) is 0.500. The average molecular weight is 361 g/mol. The van der Waals surface area contributed by atoms with E-state index in [0.29, 0.717) is 50.0 Å². The SMILES string of the molecule is CS(=O)(=O)N1CCN(CCNC(=O)Nc2ccc(Cl)cc2)CC1. The molecular weight excluding hydrogens is 340 g/mol. The van der Waals surface area contributed by atoms with E-state index in [1.54, 1.807) is 24.3 Å². The minimum atomic E-state index is -3.10. The summed E-state index contributed by atoms with van der Waals surface area (Å²) in [6.45, 7) is 3.52. The molecule has 1 heterocycles. The zero-order valence-corrected chi connectivity index (χ0v) is 14.5. The summed E-state index contributed by atoms with van der Waals surface area (Å²) in [5, 5.41) is 6.11. The Morgan fingerprint density at radius 2 is 1.78 bits per heavy atom. The molecule has 0 atom stereocenters. The van der Waals surface area contributed by atoms with Crippen LogP contribution in [0, 0.1) is 0 Å². The molecule has 0 radical (unpaired) electrons. The summed E-state index contributed by atoms with van der Waals surface area (Å²) in [5.74, 6) is 0. The van der Waals surface area contributed by atoms with Gasteiger partial charge in [-0.05, 0) is 24.3 Å². The minimum Gasteiger partial charge on any atom is -0.337 e. The highest BCUT2D eigenvalue weighted by atomic mass is 35.5. The second kappa shape index (κ2) is 7.96. The van der Waals surface area contributed by atoms with Crippen LogP contribution in [0.5, 0.6) is 0 Å². The van der Waals surface area contributed by atoms with Gasteiger partial charge >= 0.3 is 6.03 Å². The van der Waals surface area contributed by atoms with Gasteiger partial charge in [0.15, 0.2) is 0 Å². The summed E-state index contributed by atoms with van der Waals surface area (Å²) in [4.78, 5) is 13.9. The lowest BCUT2D eigenvalue weighted by atomic mass is 10.3. The van der Waals surface area contributed by atoms with Crippen LogP contribution in [-0.4, -0.2) is 69.2 Å². The Hall–Kier alpha value is -1.35. The maximum Gasteiger partial charge on any atom is 0.319 e. The highest BCUT2D eigenvalue weighted by Crippen LogP contribution is 2.13. The second-order valence-corrected chi connectivity index (χ2v) is 7.81. The largest absolute Gasteiger partial charge is 0.337 e. The number of carbonyl (C=O) groups excluding carboxylic acids is 1. The van der Waals surface area contributed by atoms with Crippen LogP contribution < -0.4 is 10.6 Å². The van der Waals surface area contributed by atoms with E-state index < -0.39 is 10.0 Å². The number of anilines is 1. The van der Waals surface area contributed by atoms with Gasteiger partial charge in [0.1, 0.15) is 0 Å². The van der Waals surface area contributed by atoms with Gasteiger partial charge in [-0.15, -0.1) is 0 Å². The Morgan fingerprint density at radius 3 is 2.35 bits per heavy atom. The van der Waals surface area contributed by atoms with Crippen molar-refractivity contribution in [2.75, 3.05) is 50.8 Å². The van der Waals surface area contributed by atoms with Crippen molar-refractivity contribution in [3.05, 3.63) is 29.3 Å². The second-order valence-electron chi connectivity index (χ2n) is 5.39. The molecule has 0 aliphatic carbocycles. The Bertz CT molecular complexity index is 628. The fourth-order valence-electron chi connectivity index (χ4n) is 2.32. The number of rotatable bonds is 5. The maximum atomic E-state index is 11.8. The van der Waals surface area contributed by atoms with Crippen molar-refractivity contribution in [3.8, 4) is 0 Å². The molecule has 9 heteroatoms. The first-order valence-corrected chi connectivity index (χ1v) is 9.55. The molecule has 1 fully saturated rings. The van der Waals surface area contributed by atoms with Crippen molar-refractivity contribution >= 4 is 33.3 Å². The van der Waals surface area contributed by atoms with Gasteiger partial charge in [0.05, 0.1) is 6.26 Å². The van der Waals surface area contributed by atoms with E-state index in [4.69, 9.17) is 11.6 Å². The number of nitrogens with one attached hydrogen (secondary N) is 2. The highest BCUT2D eigenvalue weighted by molar-refractivity contribution is 7.88. The summed E-state index contributed by atoms with van der Waals surface area (Å²) in [5.41, 5.74) is 0.675. The Labute approximate surface area is 141 Å². The number of hydrogen-bond donors (Lipinski definition) is 2. The summed E-state index contributed by atoms with van der Waals surface area (Å²) >= 11 is 5.78. The number of hydrogen-bond acceptors (Lipinski definition) is 4. The summed E-state index contributed by atoms with van der Waals surface area (Å²) in [6.07, 6.45) is 1.23. The Morgan fingerprint density at radius 1 is 1.17 bits per heavy atom. The minimum absolute atomic E-state index is 0.276. The van der Waals surface area contributed by atoms with Crippen LogP contribution in [0.1, 0.15) is 0 Å². The standard InChI is InChI=1S/C14H21ClN4O3S/c1-23(21,22)19-10-8-18(9-11-19)7-6-16-14(20)17-13-4-2-12(15)3-5-13/h2-5H,6-11H2,1H3,(H2,16,17,20). The van der Waals surface area contributed by atoms with Crippen LogP contribution in [0.3, 0.4) is 0 Å². The molecule has 1 aliphatic heterocycles. The molecule has 2 amide bonds. The Balaban J connectivity index is 1.65. The zero-order chi connectivity index (χ0) is 16.9. The normalized spacial score (nSPS) is 17.0. The van der Waals surface area contributed by atoms with Crippen molar-refractivity contribution in [2.45, 2.75) is 0 Å². The maximum absolute atomic E-state index is 11.8. The summed E-state index contributed by atoms with van der Waals surface area (Å²) in [6, 6.07) is 6.59. The van der Waals surface area contributed by atoms with E-state index in [0.717, 1.165) is 0 Å². The molecule has 2 rings (SSSR count). The third kappa shape index (κ3) is 5.98. The molecule has 0 unspecified atom stereocenters. The molecule has 1 aromatic rings. The molecule has 0 bridgehead atoms. The number of piperazine rings is 1. The van der Waals surface area contributed by atoms with Crippen LogP contribution >= 0.6 is 11.6 Å². The number of amides is 2. The lowest BCUT2D eigenvalue weighted by Gasteiger charge is -2.33. The zero-order valence-electron chi connectivity index (χ0n) is 13.0. The van der Waals surface area contributed by atoms with Crippen LogP contribution in [0.15, 0.2) is 24.3 Å². The lowest BCUT2D eigenvalue weighted by Crippen LogP contribution is -2.50. The van der Waals surface area contributed by atoms with Crippen LogP contribution in [-0.2, 0) is 10.0 Å². The molecule has 0 aromatic heterocycles. The fourth-order valence-corrected chi connectivity index (χ4v) is 3.27. The van der Waals surface area contributed by atoms with Crippen molar-refractivity contribution in [1.29, 1.82) is 0 Å². The van der Waals surface area contributed by atoms with E-state index in [9.17, 15) is 13.2 Å². The molecule has 1 aromatic carbocycles. The van der Waals surface area contributed by atoms with Gasteiger partial charge in [-0.3, -0.25) is 4.90 Å². The Kier molecular flexibility index (Phi) is 6.23. The monoisotopic (exact) mass is 360 g/mol. The molecular formula is C14H21ClN4O3S. The first-order valence-electron chi connectivity index (χ1n) is 7.32. The van der Waals surface area contributed by atoms with Crippen LogP contribution in [0.2, 0.25) is 5.02 Å². The molecule has 2 N–H and O–H groups in total. The van der Waals surface area contributed by atoms with Crippen LogP contribution in [0.4, 0.5) is 10.5 Å². The smallest absolute Gasteiger partial charge is 0.319 e. The van der Waals surface area contributed by atoms with Crippen molar-refractivity contribution in [2.24, 2.45) is 0 Å². The van der Waals surface area contributed by atoms with E-state index in [1.807, 2.05) is 0 Å². The van der Waals surface area contributed by atoms with Crippen molar-refractivity contribution < 1.29 is 13.2 Å². The number of sulfonamides is 1. The highest BCUT2D eigenvalue weighted by Gasteiger charge is 2.22. The van der Waals surface area contributed by atoms with Gasteiger partial charge in [-0.1, -0.05) is 11.6 Å². The third-order valence-electron chi connectivity index (χ3n) is 3.62.